The maximum atomic E-state index is 13.9. The average molecular weight is 499 g/mol. The Hall–Kier alpha value is -4.73. The summed E-state index contributed by atoms with van der Waals surface area (Å²) in [4.78, 5) is 39.9. The maximum absolute atomic E-state index is 13.9. The number of halogens is 1. The molecule has 0 unspecified atom stereocenters. The molecule has 5 aromatic rings. The molecule has 3 N–H and O–H groups in total. The lowest BCUT2D eigenvalue weighted by Crippen LogP contribution is -2.52. The number of nitrogens with one attached hydrogen (secondary N) is 3. The highest BCUT2D eigenvalue weighted by Crippen LogP contribution is 2.32. The van der Waals surface area contributed by atoms with Gasteiger partial charge in [0.1, 0.15) is 11.9 Å². The predicted molar refractivity (Wildman–Crippen MR) is 135 cm³/mol. The number of hydrogen-bond donors (Lipinski definition) is 3. The van der Waals surface area contributed by atoms with Crippen LogP contribution in [0.2, 0.25) is 0 Å². The first-order valence-corrected chi connectivity index (χ1v) is 11.8. The fourth-order valence-electron chi connectivity index (χ4n) is 4.91. The molecule has 1 aliphatic heterocycles. The van der Waals surface area contributed by atoms with Crippen LogP contribution >= 0.6 is 0 Å². The molecule has 6 rings (SSSR count). The second kappa shape index (κ2) is 9.05. The number of carbonyl (C=O) groups excluding carboxylic acids is 2. The number of anilines is 1. The third kappa shape index (κ3) is 4.06. The summed E-state index contributed by atoms with van der Waals surface area (Å²) >= 11 is 0. The Morgan fingerprint density at radius 1 is 1.14 bits per heavy atom. The van der Waals surface area contributed by atoms with Crippen LogP contribution in [-0.2, 0) is 24.3 Å². The van der Waals surface area contributed by atoms with Crippen LogP contribution in [0.4, 0.5) is 10.1 Å². The number of aromatic amines is 1. The van der Waals surface area contributed by atoms with E-state index in [9.17, 15) is 14.0 Å². The summed E-state index contributed by atoms with van der Waals surface area (Å²) in [7, 11) is 1.53. The Balaban J connectivity index is 1.27. The van der Waals surface area contributed by atoms with E-state index in [4.69, 9.17) is 4.42 Å². The zero-order valence-electron chi connectivity index (χ0n) is 19.9. The molecule has 1 aliphatic rings. The summed E-state index contributed by atoms with van der Waals surface area (Å²) in [6.07, 6.45) is 5.00. The standard InChI is InChI=1S/C27H23FN6O3/c1-29-26(35)24-12-19-18-10-16(28)2-4-20(18)33-23(19)14-34(24)27(36)25-15(6-9-37-25)13-32-17-3-5-21-22(11-17)31-8-7-30-21/h2-11,24,32-33H,12-14H2,1H3,(H,29,35)/t24-/m1/s1. The summed E-state index contributed by atoms with van der Waals surface area (Å²) in [5.74, 6) is -0.883. The Bertz CT molecular complexity index is 1660. The van der Waals surface area contributed by atoms with Crippen molar-refractivity contribution >= 4 is 39.4 Å². The van der Waals surface area contributed by atoms with E-state index in [-0.39, 0.29) is 30.5 Å². The van der Waals surface area contributed by atoms with E-state index in [0.29, 0.717) is 12.1 Å². The summed E-state index contributed by atoms with van der Waals surface area (Å²) < 4.78 is 19.5. The Labute approximate surface area is 210 Å². The van der Waals surface area contributed by atoms with Crippen molar-refractivity contribution in [2.24, 2.45) is 0 Å². The number of likely N-dealkylation sites (N-methyl/N-ethyl adjacent to an activating group) is 1. The van der Waals surface area contributed by atoms with Gasteiger partial charge in [0.05, 0.1) is 23.8 Å². The lowest BCUT2D eigenvalue weighted by Gasteiger charge is -2.34. The zero-order chi connectivity index (χ0) is 25.5. The highest BCUT2D eigenvalue weighted by atomic mass is 19.1. The van der Waals surface area contributed by atoms with Gasteiger partial charge in [0, 0.05) is 60.3 Å². The third-order valence-corrected chi connectivity index (χ3v) is 6.76. The largest absolute Gasteiger partial charge is 0.459 e. The lowest BCUT2D eigenvalue weighted by molar-refractivity contribution is -0.125. The van der Waals surface area contributed by atoms with Crippen LogP contribution in [0.15, 0.2) is 65.5 Å². The molecular formula is C27H23FN6O3. The molecule has 0 aliphatic carbocycles. The van der Waals surface area contributed by atoms with Crippen molar-refractivity contribution in [3.05, 3.63) is 89.5 Å². The number of benzene rings is 2. The second-order valence-electron chi connectivity index (χ2n) is 8.93. The SMILES string of the molecule is CNC(=O)[C@H]1Cc2c([nH]c3ccc(F)cc23)CN1C(=O)c1occc1CNc1ccc2nccnc2c1. The van der Waals surface area contributed by atoms with Crippen molar-refractivity contribution in [2.45, 2.75) is 25.6 Å². The van der Waals surface area contributed by atoms with E-state index in [1.165, 1.54) is 30.3 Å². The first-order valence-electron chi connectivity index (χ1n) is 11.8. The van der Waals surface area contributed by atoms with Crippen LogP contribution in [0.25, 0.3) is 21.9 Å². The Kier molecular flexibility index (Phi) is 5.56. The van der Waals surface area contributed by atoms with Crippen molar-refractivity contribution in [1.29, 1.82) is 0 Å². The normalized spacial score (nSPS) is 15.1. The van der Waals surface area contributed by atoms with Crippen molar-refractivity contribution < 1.29 is 18.4 Å². The minimum Gasteiger partial charge on any atom is -0.459 e. The maximum Gasteiger partial charge on any atom is 0.290 e. The molecule has 0 bridgehead atoms. The van der Waals surface area contributed by atoms with Gasteiger partial charge in [-0.3, -0.25) is 19.6 Å². The number of furan rings is 1. The number of hydrogen-bond acceptors (Lipinski definition) is 6. The molecule has 10 heteroatoms. The lowest BCUT2D eigenvalue weighted by atomic mass is 9.95. The van der Waals surface area contributed by atoms with Gasteiger partial charge in [-0.05, 0) is 48.0 Å². The van der Waals surface area contributed by atoms with Crippen molar-refractivity contribution in [2.75, 3.05) is 12.4 Å². The second-order valence-corrected chi connectivity index (χ2v) is 8.93. The molecule has 0 fully saturated rings. The molecule has 0 spiro atoms. The molecule has 2 aromatic carbocycles. The molecule has 9 nitrogen and oxygen atoms in total. The van der Waals surface area contributed by atoms with Crippen LogP contribution in [-0.4, -0.2) is 44.8 Å². The molecular weight excluding hydrogens is 475 g/mol. The highest BCUT2D eigenvalue weighted by molar-refractivity contribution is 5.98. The topological polar surface area (TPSA) is 116 Å². The highest BCUT2D eigenvalue weighted by Gasteiger charge is 2.38. The summed E-state index contributed by atoms with van der Waals surface area (Å²) in [5.41, 5.74) is 5.40. The molecule has 2 amide bonds. The number of rotatable bonds is 5. The summed E-state index contributed by atoms with van der Waals surface area (Å²) in [6.45, 7) is 0.498. The quantitative estimate of drug-likeness (QED) is 0.340. The minimum atomic E-state index is -0.766. The number of carbonyl (C=O) groups is 2. The van der Waals surface area contributed by atoms with Crippen molar-refractivity contribution in [3.8, 4) is 0 Å². The van der Waals surface area contributed by atoms with Crippen LogP contribution in [0.3, 0.4) is 0 Å². The van der Waals surface area contributed by atoms with E-state index in [0.717, 1.165) is 38.9 Å². The van der Waals surface area contributed by atoms with Gasteiger partial charge in [-0.2, -0.15) is 0 Å². The predicted octanol–water partition coefficient (Wildman–Crippen LogP) is 3.77. The minimum absolute atomic E-state index is 0.160. The smallest absolute Gasteiger partial charge is 0.290 e. The fourth-order valence-corrected chi connectivity index (χ4v) is 4.91. The van der Waals surface area contributed by atoms with Gasteiger partial charge < -0.3 is 24.9 Å². The molecule has 0 saturated carbocycles. The molecule has 0 saturated heterocycles. The van der Waals surface area contributed by atoms with Crippen LogP contribution < -0.4 is 10.6 Å². The molecule has 186 valence electrons. The van der Waals surface area contributed by atoms with E-state index in [1.807, 2.05) is 18.2 Å². The first-order chi connectivity index (χ1) is 18.0. The molecule has 1 atom stereocenters. The van der Waals surface area contributed by atoms with Gasteiger partial charge in [-0.25, -0.2) is 4.39 Å². The first kappa shape index (κ1) is 22.7. The third-order valence-electron chi connectivity index (χ3n) is 6.76. The van der Waals surface area contributed by atoms with Crippen LogP contribution in [0.1, 0.15) is 27.4 Å². The molecule has 37 heavy (non-hydrogen) atoms. The monoisotopic (exact) mass is 498 g/mol. The van der Waals surface area contributed by atoms with Crippen LogP contribution in [0, 0.1) is 5.82 Å². The molecule has 0 radical (unpaired) electrons. The number of fused-ring (bicyclic) bond motifs is 4. The van der Waals surface area contributed by atoms with Gasteiger partial charge in [-0.15, -0.1) is 0 Å². The fraction of sp³-hybridized carbons (Fsp3) is 0.185. The Morgan fingerprint density at radius 2 is 1.97 bits per heavy atom. The number of H-pyrrole nitrogens is 1. The zero-order valence-corrected chi connectivity index (χ0v) is 19.9. The van der Waals surface area contributed by atoms with E-state index in [2.05, 4.69) is 25.6 Å². The number of aromatic nitrogens is 3. The average Bonchev–Trinajstić information content (AvgIpc) is 3.54. The van der Waals surface area contributed by atoms with Gasteiger partial charge >= 0.3 is 0 Å². The van der Waals surface area contributed by atoms with Crippen molar-refractivity contribution in [1.82, 2.24) is 25.2 Å². The van der Waals surface area contributed by atoms with E-state index < -0.39 is 11.9 Å². The van der Waals surface area contributed by atoms with Gasteiger partial charge in [0.25, 0.3) is 5.91 Å². The number of nitrogens with zero attached hydrogens (tertiary/aromatic N) is 3. The molecule has 4 heterocycles. The summed E-state index contributed by atoms with van der Waals surface area (Å²) in [6, 6.07) is 11.1. The van der Waals surface area contributed by atoms with E-state index in [1.54, 1.807) is 24.5 Å². The van der Waals surface area contributed by atoms with Crippen LogP contribution in [0.5, 0.6) is 0 Å². The van der Waals surface area contributed by atoms with Gasteiger partial charge in [0.15, 0.2) is 5.76 Å². The van der Waals surface area contributed by atoms with Gasteiger partial charge in [-0.1, -0.05) is 0 Å². The Morgan fingerprint density at radius 3 is 2.81 bits per heavy atom. The number of amides is 2. The van der Waals surface area contributed by atoms with E-state index >= 15 is 0 Å². The summed E-state index contributed by atoms with van der Waals surface area (Å²) in [5, 5.41) is 6.68. The molecule has 3 aromatic heterocycles. The van der Waals surface area contributed by atoms with Crippen molar-refractivity contribution in [3.63, 3.8) is 0 Å². The van der Waals surface area contributed by atoms with Gasteiger partial charge in [0.2, 0.25) is 5.91 Å².